The Morgan fingerprint density at radius 1 is 1.41 bits per heavy atom. The molecule has 2 atom stereocenters. The molecule has 2 unspecified atom stereocenters. The third-order valence-electron chi connectivity index (χ3n) is 2.74. The Hall–Kier alpha value is -1.59. The predicted molar refractivity (Wildman–Crippen MR) is 64.4 cm³/mol. The van der Waals surface area contributed by atoms with E-state index in [4.69, 9.17) is 10.5 Å². The summed E-state index contributed by atoms with van der Waals surface area (Å²) in [6.45, 7) is 1.78. The van der Waals surface area contributed by atoms with E-state index in [1.54, 1.807) is 0 Å². The van der Waals surface area contributed by atoms with E-state index in [0.29, 0.717) is 19.6 Å². The minimum absolute atomic E-state index is 0.113. The molecule has 0 spiro atoms. The topological polar surface area (TPSA) is 76.4 Å². The van der Waals surface area contributed by atoms with Crippen LogP contribution in [0, 0.1) is 0 Å². The molecule has 5 nitrogen and oxygen atoms in total. The van der Waals surface area contributed by atoms with Crippen molar-refractivity contribution in [2.75, 3.05) is 13.1 Å². The van der Waals surface area contributed by atoms with Crippen LogP contribution in [-0.4, -0.2) is 31.3 Å². The number of nitrogens with two attached hydrogens (primary N) is 1. The first-order valence-corrected chi connectivity index (χ1v) is 5.70. The largest absolute Gasteiger partial charge is 0.443 e. The van der Waals surface area contributed by atoms with Gasteiger partial charge in [0.1, 0.15) is 6.10 Å². The summed E-state index contributed by atoms with van der Waals surface area (Å²) in [7, 11) is 0. The Balaban J connectivity index is 1.74. The molecule has 1 amide bonds. The minimum atomic E-state index is -0.419. The van der Waals surface area contributed by atoms with Crippen molar-refractivity contribution in [3.63, 3.8) is 0 Å². The van der Waals surface area contributed by atoms with Gasteiger partial charge in [0.15, 0.2) is 0 Å². The Kier molecular flexibility index (Phi) is 3.95. The van der Waals surface area contributed by atoms with E-state index in [9.17, 15) is 4.79 Å². The van der Waals surface area contributed by atoms with E-state index in [0.717, 1.165) is 5.56 Å². The van der Waals surface area contributed by atoms with Gasteiger partial charge < -0.3 is 21.1 Å². The molecule has 1 saturated heterocycles. The Morgan fingerprint density at radius 2 is 2.18 bits per heavy atom. The highest BCUT2D eigenvalue weighted by Crippen LogP contribution is 2.03. The van der Waals surface area contributed by atoms with Crippen LogP contribution in [-0.2, 0) is 11.3 Å². The molecular formula is C12H17N3O2. The molecule has 4 N–H and O–H groups in total. The molecule has 1 aromatic carbocycles. The monoisotopic (exact) mass is 235 g/mol. The molecule has 0 saturated carbocycles. The number of nitrogens with one attached hydrogen (secondary N) is 2. The summed E-state index contributed by atoms with van der Waals surface area (Å²) in [6, 6.07) is 9.58. The van der Waals surface area contributed by atoms with Crippen molar-refractivity contribution >= 4 is 6.09 Å². The molecule has 17 heavy (non-hydrogen) atoms. The third kappa shape index (κ3) is 3.44. The van der Waals surface area contributed by atoms with Crippen molar-refractivity contribution in [3.05, 3.63) is 35.9 Å². The summed E-state index contributed by atoms with van der Waals surface area (Å²) in [5, 5.41) is 5.77. The van der Waals surface area contributed by atoms with Gasteiger partial charge in [-0.2, -0.15) is 0 Å². The van der Waals surface area contributed by atoms with Crippen molar-refractivity contribution in [1.29, 1.82) is 0 Å². The molecule has 1 aliphatic heterocycles. The van der Waals surface area contributed by atoms with Crippen LogP contribution in [0.2, 0.25) is 0 Å². The lowest BCUT2D eigenvalue weighted by atomic mass is 10.2. The van der Waals surface area contributed by atoms with E-state index in [-0.39, 0.29) is 12.1 Å². The van der Waals surface area contributed by atoms with E-state index in [2.05, 4.69) is 10.6 Å². The second-order valence-corrected chi connectivity index (χ2v) is 4.11. The van der Waals surface area contributed by atoms with Gasteiger partial charge in [0.05, 0.1) is 6.04 Å². The average molecular weight is 235 g/mol. The molecule has 0 bridgehead atoms. The van der Waals surface area contributed by atoms with E-state index >= 15 is 0 Å². The molecule has 1 heterocycles. The first kappa shape index (κ1) is 11.9. The lowest BCUT2D eigenvalue weighted by molar-refractivity contribution is 0.0992. The predicted octanol–water partition coefficient (Wildman–Crippen LogP) is 0.212. The number of carbonyl (C=O) groups excluding carboxylic acids is 1. The molecular weight excluding hydrogens is 218 g/mol. The maximum absolute atomic E-state index is 11.5. The van der Waals surface area contributed by atoms with Gasteiger partial charge in [-0.3, -0.25) is 0 Å². The van der Waals surface area contributed by atoms with Crippen LogP contribution in [0.4, 0.5) is 4.79 Å². The fourth-order valence-corrected chi connectivity index (χ4v) is 1.75. The second kappa shape index (κ2) is 5.65. The highest BCUT2D eigenvalue weighted by atomic mass is 16.6. The Bertz CT molecular complexity index is 369. The smallest absolute Gasteiger partial charge is 0.407 e. The highest BCUT2D eigenvalue weighted by Gasteiger charge is 2.26. The van der Waals surface area contributed by atoms with Crippen molar-refractivity contribution in [3.8, 4) is 0 Å². The number of alkyl carbamates (subject to hydrolysis) is 1. The summed E-state index contributed by atoms with van der Waals surface area (Å²) in [5.74, 6) is 0. The highest BCUT2D eigenvalue weighted by molar-refractivity contribution is 5.67. The number of carbonyl (C=O) groups is 1. The van der Waals surface area contributed by atoms with Crippen LogP contribution in [0.3, 0.4) is 0 Å². The molecule has 5 heteroatoms. The third-order valence-corrected chi connectivity index (χ3v) is 2.74. The molecule has 1 aliphatic rings. The molecule has 0 aliphatic carbocycles. The van der Waals surface area contributed by atoms with Crippen LogP contribution in [0.15, 0.2) is 30.3 Å². The van der Waals surface area contributed by atoms with Gasteiger partial charge in [-0.25, -0.2) is 4.79 Å². The SMILES string of the molecule is NC1CNCC1OC(=O)NCc1ccccc1. The molecule has 1 fully saturated rings. The van der Waals surface area contributed by atoms with Gasteiger partial charge >= 0.3 is 6.09 Å². The first-order chi connectivity index (χ1) is 8.25. The number of ether oxygens (including phenoxy) is 1. The van der Waals surface area contributed by atoms with Crippen LogP contribution < -0.4 is 16.4 Å². The van der Waals surface area contributed by atoms with E-state index in [1.165, 1.54) is 0 Å². The summed E-state index contributed by atoms with van der Waals surface area (Å²) in [4.78, 5) is 11.5. The summed E-state index contributed by atoms with van der Waals surface area (Å²) in [5.41, 5.74) is 6.81. The van der Waals surface area contributed by atoms with Crippen LogP contribution in [0.25, 0.3) is 0 Å². The van der Waals surface area contributed by atoms with Crippen LogP contribution in [0.5, 0.6) is 0 Å². The maximum Gasteiger partial charge on any atom is 0.407 e. The van der Waals surface area contributed by atoms with Gasteiger partial charge in [-0.1, -0.05) is 30.3 Å². The summed E-state index contributed by atoms with van der Waals surface area (Å²) < 4.78 is 5.21. The van der Waals surface area contributed by atoms with Gasteiger partial charge in [0.2, 0.25) is 0 Å². The van der Waals surface area contributed by atoms with Gasteiger partial charge in [-0.15, -0.1) is 0 Å². The van der Waals surface area contributed by atoms with Crippen molar-refractivity contribution in [2.24, 2.45) is 5.73 Å². The number of rotatable bonds is 3. The number of hydrogen-bond donors (Lipinski definition) is 3. The first-order valence-electron chi connectivity index (χ1n) is 5.70. The fourth-order valence-electron chi connectivity index (χ4n) is 1.75. The fraction of sp³-hybridized carbons (Fsp3) is 0.417. The van der Waals surface area contributed by atoms with Gasteiger partial charge in [0, 0.05) is 19.6 Å². The molecule has 0 aromatic heterocycles. The van der Waals surface area contributed by atoms with Crippen molar-refractivity contribution in [1.82, 2.24) is 10.6 Å². The van der Waals surface area contributed by atoms with E-state index < -0.39 is 6.09 Å². The number of benzene rings is 1. The molecule has 92 valence electrons. The van der Waals surface area contributed by atoms with Crippen molar-refractivity contribution in [2.45, 2.75) is 18.7 Å². The zero-order chi connectivity index (χ0) is 12.1. The summed E-state index contributed by atoms with van der Waals surface area (Å²) in [6.07, 6.45) is -0.649. The van der Waals surface area contributed by atoms with E-state index in [1.807, 2.05) is 30.3 Å². The normalized spacial score (nSPS) is 23.4. The van der Waals surface area contributed by atoms with Gasteiger partial charge in [-0.05, 0) is 5.56 Å². The Morgan fingerprint density at radius 3 is 2.82 bits per heavy atom. The molecule has 0 radical (unpaired) electrons. The number of amides is 1. The minimum Gasteiger partial charge on any atom is -0.443 e. The lowest BCUT2D eigenvalue weighted by Gasteiger charge is -2.15. The van der Waals surface area contributed by atoms with Crippen molar-refractivity contribution < 1.29 is 9.53 Å². The quantitative estimate of drug-likeness (QED) is 0.700. The summed E-state index contributed by atoms with van der Waals surface area (Å²) >= 11 is 0. The van der Waals surface area contributed by atoms with Crippen LogP contribution in [0.1, 0.15) is 5.56 Å². The zero-order valence-corrected chi connectivity index (χ0v) is 9.56. The van der Waals surface area contributed by atoms with Crippen LogP contribution >= 0.6 is 0 Å². The zero-order valence-electron chi connectivity index (χ0n) is 9.56. The Labute approximate surface area is 100 Å². The number of hydrogen-bond acceptors (Lipinski definition) is 4. The average Bonchev–Trinajstić information content (AvgIpc) is 2.74. The maximum atomic E-state index is 11.5. The van der Waals surface area contributed by atoms with Gasteiger partial charge in [0.25, 0.3) is 0 Å². The standard InChI is InChI=1S/C12H17N3O2/c13-10-7-14-8-11(10)17-12(16)15-6-9-4-2-1-3-5-9/h1-5,10-11,14H,6-8,13H2,(H,15,16). The lowest BCUT2D eigenvalue weighted by Crippen LogP contribution is -2.39. The molecule has 2 rings (SSSR count). The molecule has 1 aromatic rings. The second-order valence-electron chi connectivity index (χ2n) is 4.11.